The molecule has 0 unspecified atom stereocenters. The van der Waals surface area contributed by atoms with E-state index < -0.39 is 0 Å². The highest BCUT2D eigenvalue weighted by atomic mass is 16.5. The van der Waals surface area contributed by atoms with Crippen LogP contribution in [0.3, 0.4) is 0 Å². The third kappa shape index (κ3) is 6.90. The van der Waals surface area contributed by atoms with Crippen molar-refractivity contribution >= 4 is 0 Å². The number of nitrogens with zero attached hydrogens (tertiary/aromatic N) is 2. The zero-order chi connectivity index (χ0) is 16.3. The first-order valence-corrected chi connectivity index (χ1v) is 9.06. The van der Waals surface area contributed by atoms with Crippen molar-refractivity contribution in [1.29, 1.82) is 0 Å². The van der Waals surface area contributed by atoms with E-state index >= 15 is 0 Å². The van der Waals surface area contributed by atoms with Gasteiger partial charge in [-0.25, -0.2) is 0 Å². The van der Waals surface area contributed by atoms with Gasteiger partial charge in [-0.2, -0.15) is 0 Å². The monoisotopic (exact) mass is 320 g/mol. The number of morpholine rings is 1. The molecule has 1 aromatic carbocycles. The van der Waals surface area contributed by atoms with Crippen LogP contribution in [0, 0.1) is 0 Å². The van der Waals surface area contributed by atoms with E-state index in [1.807, 2.05) is 0 Å². The van der Waals surface area contributed by atoms with Gasteiger partial charge in [-0.05, 0) is 50.2 Å². The fourth-order valence-electron chi connectivity index (χ4n) is 2.92. The number of rotatable bonds is 10. The summed E-state index contributed by atoms with van der Waals surface area (Å²) in [5, 5.41) is 0. The molecule has 0 saturated carbocycles. The van der Waals surface area contributed by atoms with Gasteiger partial charge >= 0.3 is 0 Å². The zero-order valence-corrected chi connectivity index (χ0v) is 14.8. The van der Waals surface area contributed by atoms with Crippen LogP contribution in [-0.2, 0) is 11.2 Å². The van der Waals surface area contributed by atoms with Crippen LogP contribution < -0.4 is 4.74 Å². The van der Waals surface area contributed by atoms with Gasteiger partial charge in [0, 0.05) is 19.6 Å². The van der Waals surface area contributed by atoms with Crippen molar-refractivity contribution in [2.24, 2.45) is 0 Å². The van der Waals surface area contributed by atoms with E-state index in [-0.39, 0.29) is 0 Å². The summed E-state index contributed by atoms with van der Waals surface area (Å²) >= 11 is 0. The average molecular weight is 320 g/mol. The van der Waals surface area contributed by atoms with Crippen LogP contribution in [0.15, 0.2) is 24.3 Å². The molecule has 0 aromatic heterocycles. The largest absolute Gasteiger partial charge is 0.492 e. The minimum absolute atomic E-state index is 0.762. The lowest BCUT2D eigenvalue weighted by Gasteiger charge is -2.26. The van der Waals surface area contributed by atoms with Crippen LogP contribution >= 0.6 is 0 Å². The second-order valence-corrected chi connectivity index (χ2v) is 6.08. The van der Waals surface area contributed by atoms with Gasteiger partial charge in [-0.3, -0.25) is 4.90 Å². The maximum absolute atomic E-state index is 5.83. The molecule has 1 saturated heterocycles. The smallest absolute Gasteiger partial charge is 0.119 e. The molecular formula is C19H32N2O2. The molecular weight excluding hydrogens is 288 g/mol. The van der Waals surface area contributed by atoms with Gasteiger partial charge < -0.3 is 14.4 Å². The molecule has 1 aliphatic rings. The van der Waals surface area contributed by atoms with Crippen molar-refractivity contribution in [3.8, 4) is 5.75 Å². The SMILES string of the molecule is CCN(CC)CCOc1ccc(CCCN2CCOCC2)cc1. The molecule has 0 amide bonds. The highest BCUT2D eigenvalue weighted by Gasteiger charge is 2.09. The van der Waals surface area contributed by atoms with E-state index in [4.69, 9.17) is 9.47 Å². The Hall–Kier alpha value is -1.10. The number of aryl methyl sites for hydroxylation is 1. The number of likely N-dealkylation sites (N-methyl/N-ethyl adjacent to an activating group) is 1. The highest BCUT2D eigenvalue weighted by Crippen LogP contribution is 2.14. The van der Waals surface area contributed by atoms with Crippen LogP contribution in [0.5, 0.6) is 5.75 Å². The molecule has 23 heavy (non-hydrogen) atoms. The Balaban J connectivity index is 1.63. The summed E-state index contributed by atoms with van der Waals surface area (Å²) in [5.74, 6) is 0.981. The minimum atomic E-state index is 0.762. The lowest BCUT2D eigenvalue weighted by Crippen LogP contribution is -2.36. The van der Waals surface area contributed by atoms with Gasteiger partial charge in [0.2, 0.25) is 0 Å². The standard InChI is InChI=1S/C19H32N2O2/c1-3-20(4-2)14-17-23-19-9-7-18(8-10-19)6-5-11-21-12-15-22-16-13-21/h7-10H,3-6,11-17H2,1-2H3. The van der Waals surface area contributed by atoms with Gasteiger partial charge in [-0.15, -0.1) is 0 Å². The lowest BCUT2D eigenvalue weighted by atomic mass is 10.1. The number of hydrogen-bond acceptors (Lipinski definition) is 4. The van der Waals surface area contributed by atoms with Gasteiger partial charge in [0.25, 0.3) is 0 Å². The van der Waals surface area contributed by atoms with Crippen molar-refractivity contribution < 1.29 is 9.47 Å². The average Bonchev–Trinajstić information content (AvgIpc) is 2.61. The number of benzene rings is 1. The van der Waals surface area contributed by atoms with E-state index in [1.54, 1.807) is 0 Å². The van der Waals surface area contributed by atoms with Gasteiger partial charge in [0.15, 0.2) is 0 Å². The maximum Gasteiger partial charge on any atom is 0.119 e. The van der Waals surface area contributed by atoms with E-state index in [9.17, 15) is 0 Å². The highest BCUT2D eigenvalue weighted by molar-refractivity contribution is 5.27. The Labute approximate surface area is 141 Å². The quantitative estimate of drug-likeness (QED) is 0.662. The lowest BCUT2D eigenvalue weighted by molar-refractivity contribution is 0.0374. The topological polar surface area (TPSA) is 24.9 Å². The molecule has 0 bridgehead atoms. The van der Waals surface area contributed by atoms with Crippen molar-refractivity contribution in [3.05, 3.63) is 29.8 Å². The number of hydrogen-bond donors (Lipinski definition) is 0. The molecule has 2 rings (SSSR count). The van der Waals surface area contributed by atoms with Crippen molar-refractivity contribution in [2.75, 3.05) is 59.1 Å². The molecule has 1 heterocycles. The third-order valence-corrected chi connectivity index (χ3v) is 4.54. The molecule has 0 N–H and O–H groups in total. The predicted octanol–water partition coefficient (Wildman–Crippen LogP) is 2.67. The summed E-state index contributed by atoms with van der Waals surface area (Å²) < 4.78 is 11.2. The summed E-state index contributed by atoms with van der Waals surface area (Å²) in [7, 11) is 0. The Morgan fingerprint density at radius 2 is 1.78 bits per heavy atom. The Morgan fingerprint density at radius 3 is 2.43 bits per heavy atom. The molecule has 4 heteroatoms. The van der Waals surface area contributed by atoms with Crippen molar-refractivity contribution in [2.45, 2.75) is 26.7 Å². The molecule has 1 aliphatic heterocycles. The first-order valence-electron chi connectivity index (χ1n) is 9.06. The minimum Gasteiger partial charge on any atom is -0.492 e. The molecule has 130 valence electrons. The summed E-state index contributed by atoms with van der Waals surface area (Å²) in [6.45, 7) is 13.4. The molecule has 0 atom stereocenters. The summed E-state index contributed by atoms with van der Waals surface area (Å²) in [4.78, 5) is 4.87. The van der Waals surface area contributed by atoms with Gasteiger partial charge in [0.05, 0.1) is 13.2 Å². The first-order chi connectivity index (χ1) is 11.3. The van der Waals surface area contributed by atoms with Crippen LogP contribution in [0.25, 0.3) is 0 Å². The van der Waals surface area contributed by atoms with Gasteiger partial charge in [-0.1, -0.05) is 26.0 Å². The zero-order valence-electron chi connectivity index (χ0n) is 14.8. The first kappa shape index (κ1) is 18.2. The van der Waals surface area contributed by atoms with Crippen molar-refractivity contribution in [1.82, 2.24) is 9.80 Å². The van der Waals surface area contributed by atoms with Crippen LogP contribution in [0.2, 0.25) is 0 Å². The van der Waals surface area contributed by atoms with Crippen LogP contribution in [-0.4, -0.2) is 68.9 Å². The second kappa shape index (κ2) is 10.6. The van der Waals surface area contributed by atoms with Gasteiger partial charge in [0.1, 0.15) is 12.4 Å². The normalized spacial score (nSPS) is 16.0. The van der Waals surface area contributed by atoms with Crippen LogP contribution in [0.4, 0.5) is 0 Å². The second-order valence-electron chi connectivity index (χ2n) is 6.08. The van der Waals surface area contributed by atoms with E-state index in [0.717, 1.165) is 64.7 Å². The Morgan fingerprint density at radius 1 is 1.09 bits per heavy atom. The van der Waals surface area contributed by atoms with Crippen molar-refractivity contribution in [3.63, 3.8) is 0 Å². The fourth-order valence-corrected chi connectivity index (χ4v) is 2.92. The molecule has 1 aromatic rings. The fraction of sp³-hybridized carbons (Fsp3) is 0.684. The molecule has 0 radical (unpaired) electrons. The number of ether oxygens (including phenoxy) is 2. The molecule has 4 nitrogen and oxygen atoms in total. The Bertz CT molecular complexity index is 412. The maximum atomic E-state index is 5.83. The van der Waals surface area contributed by atoms with E-state index in [1.165, 1.54) is 18.5 Å². The van der Waals surface area contributed by atoms with E-state index in [2.05, 4.69) is 47.9 Å². The molecule has 0 spiro atoms. The third-order valence-electron chi connectivity index (χ3n) is 4.54. The summed E-state index contributed by atoms with van der Waals surface area (Å²) in [6, 6.07) is 8.61. The predicted molar refractivity (Wildman–Crippen MR) is 95.3 cm³/mol. The molecule has 1 fully saturated rings. The van der Waals surface area contributed by atoms with E-state index in [0.29, 0.717) is 0 Å². The Kier molecular flexibility index (Phi) is 8.43. The summed E-state index contributed by atoms with van der Waals surface area (Å²) in [5.41, 5.74) is 1.40. The van der Waals surface area contributed by atoms with Crippen LogP contribution in [0.1, 0.15) is 25.8 Å². The summed E-state index contributed by atoms with van der Waals surface area (Å²) in [6.07, 6.45) is 2.35. The molecule has 0 aliphatic carbocycles.